The first kappa shape index (κ1) is 22.1. The zero-order valence-electron chi connectivity index (χ0n) is 15.6. The number of alkyl halides is 3. The second-order valence-electron chi connectivity index (χ2n) is 6.08. The van der Waals surface area contributed by atoms with Gasteiger partial charge in [0.25, 0.3) is 5.69 Å². The van der Waals surface area contributed by atoms with Gasteiger partial charge in [0.1, 0.15) is 11.5 Å². The fourth-order valence-corrected chi connectivity index (χ4v) is 3.31. The number of carbonyl (C=O) groups excluding carboxylic acids is 1. The average Bonchev–Trinajstić information content (AvgIpc) is 3.12. The van der Waals surface area contributed by atoms with E-state index in [0.717, 1.165) is 16.8 Å². The average molecular weight is 456 g/mol. The van der Waals surface area contributed by atoms with E-state index < -0.39 is 34.1 Å². The van der Waals surface area contributed by atoms with E-state index in [1.165, 1.54) is 12.1 Å². The molecule has 9 nitrogen and oxygen atoms in total. The van der Waals surface area contributed by atoms with Gasteiger partial charge in [0.15, 0.2) is 5.82 Å². The number of aryl methyl sites for hydroxylation is 1. The number of thioether (sulfide) groups is 1. The lowest BCUT2D eigenvalue weighted by Gasteiger charge is -2.10. The summed E-state index contributed by atoms with van der Waals surface area (Å²) in [6.45, 7) is 1.55. The number of aromatic nitrogens is 4. The lowest BCUT2D eigenvalue weighted by molar-refractivity contribution is -0.388. The number of nitrogens with zero attached hydrogens (tertiary/aromatic N) is 5. The smallest absolute Gasteiger partial charge is 0.325 e. The van der Waals surface area contributed by atoms with Gasteiger partial charge < -0.3 is 5.32 Å². The van der Waals surface area contributed by atoms with Crippen LogP contribution in [0, 0.1) is 22.9 Å². The van der Waals surface area contributed by atoms with Crippen molar-refractivity contribution in [1.82, 2.24) is 20.2 Å². The number of carbonyl (C=O) groups is 1. The first-order chi connectivity index (χ1) is 14.6. The summed E-state index contributed by atoms with van der Waals surface area (Å²) in [7, 11) is 0. The number of amides is 1. The van der Waals surface area contributed by atoms with E-state index in [1.54, 1.807) is 6.92 Å². The van der Waals surface area contributed by atoms with Crippen molar-refractivity contribution in [3.8, 4) is 5.69 Å². The minimum absolute atomic E-state index is 0.00803. The highest BCUT2D eigenvalue weighted by Gasteiger charge is 2.33. The predicted molar refractivity (Wildman–Crippen MR) is 101 cm³/mol. The first-order valence-corrected chi connectivity index (χ1v) is 9.38. The normalized spacial score (nSPS) is 11.4. The maximum absolute atomic E-state index is 14.1. The zero-order valence-corrected chi connectivity index (χ0v) is 16.4. The van der Waals surface area contributed by atoms with Crippen LogP contribution in [0.2, 0.25) is 0 Å². The second kappa shape index (κ2) is 8.67. The number of nitro benzene ring substituents is 1. The van der Waals surface area contributed by atoms with Crippen molar-refractivity contribution < 1.29 is 27.3 Å². The summed E-state index contributed by atoms with van der Waals surface area (Å²) in [5.74, 6) is -1.26. The van der Waals surface area contributed by atoms with Gasteiger partial charge in [-0.1, -0.05) is 0 Å². The first-order valence-electron chi connectivity index (χ1n) is 8.39. The Morgan fingerprint density at radius 1 is 1.26 bits per heavy atom. The van der Waals surface area contributed by atoms with Gasteiger partial charge in [-0.3, -0.25) is 14.9 Å². The van der Waals surface area contributed by atoms with Crippen molar-refractivity contribution in [1.29, 1.82) is 0 Å². The summed E-state index contributed by atoms with van der Waals surface area (Å²) in [6, 6.07) is 5.74. The lowest BCUT2D eigenvalue weighted by atomic mass is 10.2. The SMILES string of the molecule is Cc1nnnn1-c1cc(NC(=O)CSc2ccc(C(F)(F)F)cc2[N+](=O)[O-])ccc1F. The topological polar surface area (TPSA) is 116 Å². The molecule has 0 aliphatic heterocycles. The van der Waals surface area contributed by atoms with Gasteiger partial charge in [0, 0.05) is 11.8 Å². The van der Waals surface area contributed by atoms with Crippen LogP contribution in [0.1, 0.15) is 11.4 Å². The molecule has 1 N–H and O–H groups in total. The van der Waals surface area contributed by atoms with Crippen LogP contribution >= 0.6 is 11.8 Å². The molecule has 2 aromatic carbocycles. The van der Waals surface area contributed by atoms with E-state index in [0.29, 0.717) is 29.7 Å². The van der Waals surface area contributed by atoms with Crippen LogP contribution in [0.4, 0.5) is 28.9 Å². The van der Waals surface area contributed by atoms with Gasteiger partial charge in [-0.05, 0) is 47.7 Å². The van der Waals surface area contributed by atoms with Crippen LogP contribution in [-0.2, 0) is 11.0 Å². The van der Waals surface area contributed by atoms with E-state index in [1.807, 2.05) is 0 Å². The molecule has 0 aliphatic rings. The number of halogens is 4. The van der Waals surface area contributed by atoms with Gasteiger partial charge in [-0.15, -0.1) is 16.9 Å². The predicted octanol–water partition coefficient (Wildman–Crippen LogP) is 3.77. The third kappa shape index (κ3) is 5.14. The fourth-order valence-electron chi connectivity index (χ4n) is 2.51. The number of tetrazole rings is 1. The van der Waals surface area contributed by atoms with E-state index in [4.69, 9.17) is 0 Å². The van der Waals surface area contributed by atoms with Gasteiger partial charge in [0.05, 0.1) is 21.1 Å². The molecule has 0 unspecified atom stereocenters. The second-order valence-corrected chi connectivity index (χ2v) is 7.10. The van der Waals surface area contributed by atoms with Crippen LogP contribution in [0.25, 0.3) is 5.69 Å². The molecule has 0 atom stereocenters. The van der Waals surface area contributed by atoms with Crippen molar-refractivity contribution in [2.24, 2.45) is 0 Å². The van der Waals surface area contributed by atoms with E-state index in [2.05, 4.69) is 20.8 Å². The molecular formula is C17H12F4N6O3S. The Balaban J connectivity index is 1.73. The number of nitrogens with one attached hydrogen (secondary N) is 1. The summed E-state index contributed by atoms with van der Waals surface area (Å²) < 4.78 is 53.5. The Kier molecular flexibility index (Phi) is 6.19. The molecule has 0 saturated carbocycles. The quantitative estimate of drug-likeness (QED) is 0.260. The minimum atomic E-state index is -4.73. The molecule has 0 fully saturated rings. The van der Waals surface area contributed by atoms with Crippen LogP contribution < -0.4 is 5.32 Å². The zero-order chi connectivity index (χ0) is 22.8. The maximum atomic E-state index is 14.1. The molecular weight excluding hydrogens is 444 g/mol. The summed E-state index contributed by atoms with van der Waals surface area (Å²) in [6.07, 6.45) is -4.73. The van der Waals surface area contributed by atoms with Crippen molar-refractivity contribution in [2.45, 2.75) is 18.0 Å². The highest BCUT2D eigenvalue weighted by Crippen LogP contribution is 2.36. The van der Waals surface area contributed by atoms with Crippen LogP contribution in [0.15, 0.2) is 41.3 Å². The number of hydrogen-bond donors (Lipinski definition) is 1. The number of anilines is 1. The third-order valence-corrected chi connectivity index (χ3v) is 4.99. The Morgan fingerprint density at radius 3 is 2.61 bits per heavy atom. The summed E-state index contributed by atoms with van der Waals surface area (Å²) in [5, 5.41) is 24.3. The fraction of sp³-hybridized carbons (Fsp3) is 0.176. The molecule has 14 heteroatoms. The van der Waals surface area contributed by atoms with Gasteiger partial charge in [-0.25, -0.2) is 4.39 Å². The Bertz CT molecular complexity index is 1150. The maximum Gasteiger partial charge on any atom is 0.416 e. The highest BCUT2D eigenvalue weighted by atomic mass is 32.2. The van der Waals surface area contributed by atoms with E-state index in [-0.39, 0.29) is 22.0 Å². The standard InChI is InChI=1S/C17H12F4N6O3S/c1-9-23-24-25-26(9)13-7-11(3-4-12(13)18)22-16(28)8-31-15-5-2-10(17(19,20)21)6-14(15)27(29)30/h2-7H,8H2,1H3,(H,22,28). The molecule has 162 valence electrons. The monoisotopic (exact) mass is 456 g/mol. The Labute approximate surface area is 175 Å². The van der Waals surface area contributed by atoms with Gasteiger partial charge in [0.2, 0.25) is 5.91 Å². The summed E-state index contributed by atoms with van der Waals surface area (Å²) in [5.41, 5.74) is -1.72. The highest BCUT2D eigenvalue weighted by molar-refractivity contribution is 8.00. The number of rotatable bonds is 6. The molecule has 1 amide bonds. The van der Waals surface area contributed by atoms with Crippen molar-refractivity contribution >= 4 is 29.0 Å². The van der Waals surface area contributed by atoms with Crippen LogP contribution in [0.3, 0.4) is 0 Å². The minimum Gasteiger partial charge on any atom is -0.325 e. The Morgan fingerprint density at radius 2 is 2.00 bits per heavy atom. The van der Waals surface area contributed by atoms with Crippen molar-refractivity contribution in [3.63, 3.8) is 0 Å². The third-order valence-electron chi connectivity index (χ3n) is 3.93. The molecule has 3 rings (SSSR count). The largest absolute Gasteiger partial charge is 0.416 e. The summed E-state index contributed by atoms with van der Waals surface area (Å²) >= 11 is 0.697. The molecule has 0 spiro atoms. The van der Waals surface area contributed by atoms with Gasteiger partial charge in [-0.2, -0.15) is 17.9 Å². The molecule has 31 heavy (non-hydrogen) atoms. The molecule has 0 aliphatic carbocycles. The van der Waals surface area contributed by atoms with E-state index >= 15 is 0 Å². The molecule has 0 saturated heterocycles. The molecule has 0 bridgehead atoms. The molecule has 1 heterocycles. The van der Waals surface area contributed by atoms with E-state index in [9.17, 15) is 32.5 Å². The number of nitro groups is 1. The molecule has 0 radical (unpaired) electrons. The van der Waals surface area contributed by atoms with Crippen LogP contribution in [-0.4, -0.2) is 36.8 Å². The molecule has 3 aromatic rings. The lowest BCUT2D eigenvalue weighted by Crippen LogP contribution is -2.15. The summed E-state index contributed by atoms with van der Waals surface area (Å²) in [4.78, 5) is 22.3. The molecule has 1 aromatic heterocycles. The van der Waals surface area contributed by atoms with Crippen molar-refractivity contribution in [3.05, 3.63) is 63.7 Å². The van der Waals surface area contributed by atoms with Gasteiger partial charge >= 0.3 is 6.18 Å². The number of benzene rings is 2. The Hall–Kier alpha value is -3.55. The van der Waals surface area contributed by atoms with Crippen molar-refractivity contribution in [2.75, 3.05) is 11.1 Å². The number of hydrogen-bond acceptors (Lipinski definition) is 7. The van der Waals surface area contributed by atoms with Crippen LogP contribution in [0.5, 0.6) is 0 Å².